The number of carbonyl (C=O) groups is 3. The molecule has 31 heavy (non-hydrogen) atoms. The Morgan fingerprint density at radius 2 is 1.71 bits per heavy atom. The van der Waals surface area contributed by atoms with Crippen molar-refractivity contribution in [3.63, 3.8) is 0 Å². The van der Waals surface area contributed by atoms with Gasteiger partial charge in [-0.3, -0.25) is 14.5 Å². The molecule has 0 spiro atoms. The van der Waals surface area contributed by atoms with Gasteiger partial charge in [0.05, 0.1) is 25.9 Å². The molecule has 1 aromatic heterocycles. The van der Waals surface area contributed by atoms with Crippen LogP contribution in [0.3, 0.4) is 0 Å². The highest BCUT2D eigenvalue weighted by atomic mass is 28.3. The number of amides is 2. The smallest absolute Gasteiger partial charge is 0.411 e. The normalized spacial score (nSPS) is 16.2. The Labute approximate surface area is 186 Å². The Kier molecular flexibility index (Phi) is 6.28. The molecule has 0 atom stereocenters. The standard InChI is InChI=1S/C22H38N4O4Si/c1-12-31(10,11)22(8,9)18(28)23-17-15-13-25(19(29)30-20(3,4)5)21(6,7)16(15)26(24-17)14(2)27/h12-13H2,1-11H3,(H,23,24,28). The van der Waals surface area contributed by atoms with Crippen molar-refractivity contribution >= 4 is 31.8 Å². The molecule has 8 nitrogen and oxygen atoms in total. The maximum absolute atomic E-state index is 13.3. The minimum absolute atomic E-state index is 0.115. The number of ether oxygens (including phenoxy) is 1. The number of nitrogens with zero attached hydrogens (tertiary/aromatic N) is 3. The van der Waals surface area contributed by atoms with Crippen molar-refractivity contribution in [2.45, 2.75) is 104 Å². The molecule has 2 amide bonds. The molecule has 0 radical (unpaired) electrons. The van der Waals surface area contributed by atoms with E-state index in [0.29, 0.717) is 17.1 Å². The maximum atomic E-state index is 13.3. The Morgan fingerprint density at radius 1 is 1.16 bits per heavy atom. The monoisotopic (exact) mass is 450 g/mol. The zero-order valence-corrected chi connectivity index (χ0v) is 21.9. The average Bonchev–Trinajstić information content (AvgIpc) is 3.09. The van der Waals surface area contributed by atoms with Gasteiger partial charge in [-0.05, 0) is 34.6 Å². The average molecular weight is 451 g/mol. The van der Waals surface area contributed by atoms with E-state index in [-0.39, 0.29) is 18.4 Å². The van der Waals surface area contributed by atoms with Crippen LogP contribution in [0.2, 0.25) is 24.2 Å². The summed E-state index contributed by atoms with van der Waals surface area (Å²) >= 11 is 0. The van der Waals surface area contributed by atoms with E-state index in [2.05, 4.69) is 30.4 Å². The van der Waals surface area contributed by atoms with Crippen molar-refractivity contribution < 1.29 is 19.1 Å². The number of anilines is 1. The van der Waals surface area contributed by atoms with E-state index in [9.17, 15) is 14.4 Å². The van der Waals surface area contributed by atoms with E-state index in [0.717, 1.165) is 6.04 Å². The summed E-state index contributed by atoms with van der Waals surface area (Å²) < 4.78 is 6.88. The van der Waals surface area contributed by atoms with Gasteiger partial charge >= 0.3 is 6.09 Å². The predicted molar refractivity (Wildman–Crippen MR) is 124 cm³/mol. The van der Waals surface area contributed by atoms with Crippen molar-refractivity contribution in [2.75, 3.05) is 5.32 Å². The molecule has 2 heterocycles. The fourth-order valence-corrected chi connectivity index (χ4v) is 5.22. The number of hydrogen-bond acceptors (Lipinski definition) is 5. The summed E-state index contributed by atoms with van der Waals surface area (Å²) in [7, 11) is -1.85. The summed E-state index contributed by atoms with van der Waals surface area (Å²) in [5.74, 6) is -0.0581. The zero-order valence-electron chi connectivity index (χ0n) is 20.9. The third-order valence-corrected chi connectivity index (χ3v) is 12.2. The molecule has 1 aliphatic heterocycles. The number of rotatable bonds is 4. The van der Waals surface area contributed by atoms with E-state index < -0.39 is 30.3 Å². The van der Waals surface area contributed by atoms with Crippen molar-refractivity contribution in [2.24, 2.45) is 0 Å². The molecule has 0 bridgehead atoms. The minimum Gasteiger partial charge on any atom is -0.444 e. The topological polar surface area (TPSA) is 93.5 Å². The van der Waals surface area contributed by atoms with Gasteiger partial charge in [0.2, 0.25) is 11.8 Å². The summed E-state index contributed by atoms with van der Waals surface area (Å²) in [5, 5.41) is 6.87. The van der Waals surface area contributed by atoms with E-state index >= 15 is 0 Å². The third-order valence-electron chi connectivity index (χ3n) is 6.84. The van der Waals surface area contributed by atoms with E-state index in [1.54, 1.807) is 4.90 Å². The van der Waals surface area contributed by atoms with Crippen LogP contribution in [0, 0.1) is 0 Å². The molecule has 0 aliphatic carbocycles. The van der Waals surface area contributed by atoms with Gasteiger partial charge in [0.25, 0.3) is 0 Å². The fourth-order valence-electron chi connectivity index (χ4n) is 3.66. The molecule has 2 rings (SSSR count). The molecular formula is C22H38N4O4Si. The molecule has 0 unspecified atom stereocenters. The molecule has 0 fully saturated rings. The molecule has 1 N–H and O–H groups in total. The van der Waals surface area contributed by atoms with Crippen LogP contribution >= 0.6 is 0 Å². The maximum Gasteiger partial charge on any atom is 0.411 e. The van der Waals surface area contributed by atoms with Gasteiger partial charge < -0.3 is 10.1 Å². The summed E-state index contributed by atoms with van der Waals surface area (Å²) in [4.78, 5) is 40.1. The highest BCUT2D eigenvalue weighted by molar-refractivity contribution is 6.83. The minimum atomic E-state index is -1.85. The van der Waals surface area contributed by atoms with Gasteiger partial charge in [0, 0.05) is 17.5 Å². The molecule has 0 saturated carbocycles. The molecule has 1 aliphatic rings. The first-order chi connectivity index (χ1) is 13.9. The lowest BCUT2D eigenvalue weighted by Crippen LogP contribution is -2.46. The summed E-state index contributed by atoms with van der Waals surface area (Å²) in [6.07, 6.45) is -0.471. The van der Waals surface area contributed by atoms with Crippen LogP contribution in [-0.2, 0) is 21.6 Å². The Balaban J connectivity index is 2.49. The first-order valence-corrected chi connectivity index (χ1v) is 14.0. The highest BCUT2D eigenvalue weighted by Gasteiger charge is 2.49. The van der Waals surface area contributed by atoms with Gasteiger partial charge in [-0.25, -0.2) is 9.48 Å². The largest absolute Gasteiger partial charge is 0.444 e. The van der Waals surface area contributed by atoms with Gasteiger partial charge in [-0.2, -0.15) is 0 Å². The summed E-state index contributed by atoms with van der Waals surface area (Å²) in [6.45, 7) is 21.2. The van der Waals surface area contributed by atoms with Gasteiger partial charge in [-0.15, -0.1) is 5.10 Å². The Hall–Kier alpha value is -2.16. The SMILES string of the molecule is CC[Si](C)(C)C(C)(C)C(=O)Nc1nn(C(C)=O)c2c1CN(C(=O)OC(C)(C)C)C2(C)C. The van der Waals surface area contributed by atoms with E-state index in [4.69, 9.17) is 4.74 Å². The molecule has 174 valence electrons. The number of fused-ring (bicyclic) bond motifs is 1. The molecule has 1 aromatic rings. The second-order valence-electron chi connectivity index (χ2n) is 11.0. The molecule has 9 heteroatoms. The van der Waals surface area contributed by atoms with Crippen LogP contribution in [0.4, 0.5) is 10.6 Å². The second kappa shape index (κ2) is 7.76. The van der Waals surface area contributed by atoms with Gasteiger partial charge in [0.1, 0.15) is 5.60 Å². The zero-order chi connectivity index (χ0) is 24.2. The lowest BCUT2D eigenvalue weighted by atomic mass is 10.0. The number of aromatic nitrogens is 2. The lowest BCUT2D eigenvalue weighted by Gasteiger charge is -2.37. The van der Waals surface area contributed by atoms with Gasteiger partial charge in [-0.1, -0.05) is 39.9 Å². The predicted octanol–water partition coefficient (Wildman–Crippen LogP) is 4.98. The molecule has 0 saturated heterocycles. The highest BCUT2D eigenvalue weighted by Crippen LogP contribution is 2.44. The molecule has 0 aromatic carbocycles. The summed E-state index contributed by atoms with van der Waals surface area (Å²) in [5.41, 5.74) is -0.199. The lowest BCUT2D eigenvalue weighted by molar-refractivity contribution is -0.118. The second-order valence-corrected chi connectivity index (χ2v) is 16.8. The quantitative estimate of drug-likeness (QED) is 0.653. The first kappa shape index (κ1) is 25.1. The van der Waals surface area contributed by atoms with Crippen LogP contribution in [0.1, 0.15) is 78.4 Å². The first-order valence-electron chi connectivity index (χ1n) is 10.8. The van der Waals surface area contributed by atoms with Crippen LogP contribution in [0.25, 0.3) is 0 Å². The van der Waals surface area contributed by atoms with Gasteiger partial charge in [0.15, 0.2) is 5.82 Å². The number of nitrogens with one attached hydrogen (secondary N) is 1. The van der Waals surface area contributed by atoms with Crippen LogP contribution in [0.15, 0.2) is 0 Å². The van der Waals surface area contributed by atoms with Crippen LogP contribution in [0.5, 0.6) is 0 Å². The third kappa shape index (κ3) is 4.42. The Morgan fingerprint density at radius 3 is 2.16 bits per heavy atom. The number of hydrogen-bond donors (Lipinski definition) is 1. The van der Waals surface area contributed by atoms with Crippen molar-refractivity contribution in [1.82, 2.24) is 14.7 Å². The van der Waals surface area contributed by atoms with Crippen LogP contribution < -0.4 is 5.32 Å². The van der Waals surface area contributed by atoms with Crippen molar-refractivity contribution in [3.8, 4) is 0 Å². The number of carbonyl (C=O) groups excluding carboxylic acids is 3. The summed E-state index contributed by atoms with van der Waals surface area (Å²) in [6, 6.07) is 0.965. The van der Waals surface area contributed by atoms with E-state index in [1.165, 1.54) is 11.6 Å². The van der Waals surface area contributed by atoms with Crippen molar-refractivity contribution in [1.29, 1.82) is 0 Å². The van der Waals surface area contributed by atoms with Crippen molar-refractivity contribution in [3.05, 3.63) is 11.3 Å². The molecular weight excluding hydrogens is 412 g/mol. The Bertz CT molecular complexity index is 909. The fraction of sp³-hybridized carbons (Fsp3) is 0.727. The van der Waals surface area contributed by atoms with E-state index in [1.807, 2.05) is 48.5 Å². The van der Waals surface area contributed by atoms with Crippen LogP contribution in [-0.4, -0.2) is 46.3 Å².